The van der Waals surface area contributed by atoms with Crippen LogP contribution in [-0.4, -0.2) is 83.8 Å². The van der Waals surface area contributed by atoms with Crippen molar-refractivity contribution < 1.29 is 12.3 Å². The minimum atomic E-state index is -0.697. The van der Waals surface area contributed by atoms with Crippen molar-refractivity contribution >= 4 is 28.8 Å². The second-order valence-electron chi connectivity index (χ2n) is 8.83. The van der Waals surface area contributed by atoms with Crippen LogP contribution in [0.2, 0.25) is 0 Å². The van der Waals surface area contributed by atoms with Gasteiger partial charge in [-0.15, -0.1) is 0 Å². The fourth-order valence-electron chi connectivity index (χ4n) is 4.46. The monoisotopic (exact) mass is 465 g/mol. The Bertz CT molecular complexity index is 1270. The van der Waals surface area contributed by atoms with Gasteiger partial charge in [0.15, 0.2) is 17.0 Å². The molecule has 34 heavy (non-hydrogen) atoms. The summed E-state index contributed by atoms with van der Waals surface area (Å²) in [7, 11) is -0.621. The van der Waals surface area contributed by atoms with Crippen molar-refractivity contribution in [2.24, 2.45) is 5.92 Å². The Morgan fingerprint density at radius 2 is 1.97 bits per heavy atom. The van der Waals surface area contributed by atoms with E-state index in [1.165, 1.54) is 6.33 Å². The van der Waals surface area contributed by atoms with Crippen molar-refractivity contribution in [3.05, 3.63) is 24.5 Å². The lowest BCUT2D eigenvalue weighted by Crippen LogP contribution is -2.46. The number of imidazole rings is 1. The zero-order chi connectivity index (χ0) is 25.4. The van der Waals surface area contributed by atoms with Crippen molar-refractivity contribution in [2.75, 3.05) is 25.9 Å². The van der Waals surface area contributed by atoms with E-state index in [4.69, 9.17) is 7.73 Å². The minimum absolute atomic E-state index is 0.0303. The number of nitrogens with one attached hydrogen (secondary N) is 1. The summed E-state index contributed by atoms with van der Waals surface area (Å²) in [6.45, 7) is 4.81. The van der Waals surface area contributed by atoms with Crippen LogP contribution in [0, 0.1) is 12.8 Å². The van der Waals surface area contributed by atoms with Crippen LogP contribution in [-0.2, 0) is 16.1 Å². The number of likely N-dealkylation sites (tertiary alicyclic amines) is 1. The molecule has 3 aromatic heterocycles. The summed E-state index contributed by atoms with van der Waals surface area (Å²) in [6.07, 6.45) is 6.97. The maximum atomic E-state index is 13.1. The van der Waals surface area contributed by atoms with E-state index in [0.29, 0.717) is 48.1 Å². The lowest BCUT2D eigenvalue weighted by atomic mass is 10.1. The average Bonchev–Trinajstić information content (AvgIpc) is 3.54. The quantitative estimate of drug-likeness (QED) is 0.581. The summed E-state index contributed by atoms with van der Waals surface area (Å²) in [4.78, 5) is 51.1. The Labute approximate surface area is 200 Å². The van der Waals surface area contributed by atoms with Gasteiger partial charge in [0.2, 0.25) is 11.8 Å². The van der Waals surface area contributed by atoms with E-state index >= 15 is 0 Å². The molecule has 1 saturated carbocycles. The number of likely N-dealkylation sites (N-methyl/N-ethyl adjacent to an activating group) is 1. The molecule has 11 nitrogen and oxygen atoms in total. The molecule has 178 valence electrons. The lowest BCUT2D eigenvalue weighted by Gasteiger charge is -2.26. The number of rotatable bonds is 6. The fraction of sp³-hybridized carbons (Fsp3) is 0.522. The van der Waals surface area contributed by atoms with Gasteiger partial charge in [-0.3, -0.25) is 9.59 Å². The van der Waals surface area contributed by atoms with Crippen LogP contribution in [0.4, 0.5) is 5.82 Å². The lowest BCUT2D eigenvalue weighted by molar-refractivity contribution is -0.143. The maximum Gasteiger partial charge on any atom is 0.244 e. The normalized spacial score (nSPS) is 20.8. The van der Waals surface area contributed by atoms with Gasteiger partial charge >= 0.3 is 0 Å². The first-order chi connectivity index (χ1) is 17.4. The summed E-state index contributed by atoms with van der Waals surface area (Å²) < 4.78 is 17.2. The van der Waals surface area contributed by atoms with Crippen LogP contribution in [0.15, 0.2) is 18.7 Å². The molecule has 1 aliphatic carbocycles. The van der Waals surface area contributed by atoms with E-state index in [-0.39, 0.29) is 37.8 Å². The van der Waals surface area contributed by atoms with Crippen LogP contribution in [0.5, 0.6) is 0 Å². The minimum Gasteiger partial charge on any atom is -0.363 e. The molecule has 2 amide bonds. The maximum absolute atomic E-state index is 13.1. The van der Waals surface area contributed by atoms with Gasteiger partial charge in [-0.05, 0) is 33.1 Å². The largest absolute Gasteiger partial charge is 0.363 e. The zero-order valence-electron chi connectivity index (χ0n) is 21.3. The van der Waals surface area contributed by atoms with Crippen LogP contribution in [0.3, 0.4) is 0 Å². The summed E-state index contributed by atoms with van der Waals surface area (Å²) in [5.41, 5.74) is 2.02. The number of carbonyl (C=O) groups is 2. The number of fused-ring (bicyclic) bond motifs is 1. The number of nitrogens with zero attached hydrogens (tertiary/aromatic N) is 8. The molecule has 0 spiro atoms. The third kappa shape index (κ3) is 3.95. The number of anilines is 1. The first kappa shape index (κ1) is 19.8. The molecule has 3 aromatic rings. The van der Waals surface area contributed by atoms with Gasteiger partial charge in [-0.2, -0.15) is 0 Å². The Kier molecular flexibility index (Phi) is 5.02. The number of hydrogen-bond donors (Lipinski definition) is 1. The molecule has 5 rings (SSSR count). The summed E-state index contributed by atoms with van der Waals surface area (Å²) >= 11 is 0. The van der Waals surface area contributed by atoms with Crippen molar-refractivity contribution in [3.63, 3.8) is 0 Å². The van der Waals surface area contributed by atoms with E-state index in [0.717, 1.165) is 23.3 Å². The third-order valence-electron chi connectivity index (χ3n) is 6.34. The summed E-state index contributed by atoms with van der Waals surface area (Å²) in [5.74, 6) is 1.45. The summed E-state index contributed by atoms with van der Waals surface area (Å²) in [6, 6.07) is -0.937. The predicted octanol–water partition coefficient (Wildman–Crippen LogP) is 1.49. The number of aryl methyl sites for hydroxylation is 2. The molecule has 0 aromatic carbocycles. The van der Waals surface area contributed by atoms with Crippen LogP contribution < -0.4 is 5.32 Å². The molecule has 2 aliphatic rings. The van der Waals surface area contributed by atoms with Gasteiger partial charge in [0.05, 0.1) is 5.56 Å². The predicted molar refractivity (Wildman–Crippen MR) is 126 cm³/mol. The molecule has 0 radical (unpaired) electrons. The Hall–Kier alpha value is -3.63. The second-order valence-corrected chi connectivity index (χ2v) is 8.83. The van der Waals surface area contributed by atoms with E-state index in [2.05, 4.69) is 25.3 Å². The molecular formula is C23H29N9O2. The molecular weight excluding hydrogens is 434 g/mol. The van der Waals surface area contributed by atoms with Gasteiger partial charge in [0.1, 0.15) is 24.0 Å². The molecule has 0 unspecified atom stereocenters. The smallest absolute Gasteiger partial charge is 0.244 e. The molecule has 4 heterocycles. The highest BCUT2D eigenvalue weighted by Crippen LogP contribution is 2.35. The Morgan fingerprint density at radius 1 is 1.21 bits per heavy atom. The van der Waals surface area contributed by atoms with E-state index in [1.807, 2.05) is 18.4 Å². The summed E-state index contributed by atoms with van der Waals surface area (Å²) in [5, 5.41) is 3.40. The SMILES string of the molecule is [2H]CN(C[2H])C(=O)[C@@H]1C[C@H](Nc2ncnc3c2nc(-c2cnc(C)nc2)n3CC)CN1C(=O)C1CC1. The van der Waals surface area contributed by atoms with Crippen molar-refractivity contribution in [3.8, 4) is 11.4 Å². The number of amides is 2. The van der Waals surface area contributed by atoms with Crippen LogP contribution in [0.25, 0.3) is 22.6 Å². The highest BCUT2D eigenvalue weighted by molar-refractivity contribution is 5.90. The molecule has 0 bridgehead atoms. The highest BCUT2D eigenvalue weighted by Gasteiger charge is 2.44. The first-order valence-corrected chi connectivity index (χ1v) is 11.4. The van der Waals surface area contributed by atoms with Crippen LogP contribution in [0.1, 0.15) is 34.8 Å². The second kappa shape index (κ2) is 8.62. The molecule has 2 atom stereocenters. The van der Waals surface area contributed by atoms with Gasteiger partial charge in [-0.25, -0.2) is 24.9 Å². The van der Waals surface area contributed by atoms with Crippen molar-refractivity contribution in [2.45, 2.75) is 51.7 Å². The number of hydrogen-bond acceptors (Lipinski definition) is 8. The van der Waals surface area contributed by atoms with E-state index in [1.54, 1.807) is 17.3 Å². The Balaban J connectivity index is 1.45. The highest BCUT2D eigenvalue weighted by atomic mass is 16.2. The molecule has 1 N–H and O–H groups in total. The van der Waals surface area contributed by atoms with Gasteiger partial charge in [0, 0.05) is 54.2 Å². The molecule has 1 saturated heterocycles. The van der Waals surface area contributed by atoms with E-state index < -0.39 is 6.04 Å². The van der Waals surface area contributed by atoms with Crippen molar-refractivity contribution in [1.29, 1.82) is 0 Å². The molecule has 11 heteroatoms. The topological polar surface area (TPSA) is 122 Å². The first-order valence-electron chi connectivity index (χ1n) is 12.8. The van der Waals surface area contributed by atoms with Crippen molar-refractivity contribution in [1.82, 2.24) is 39.3 Å². The average molecular weight is 466 g/mol. The molecule has 1 aliphatic heterocycles. The fourth-order valence-corrected chi connectivity index (χ4v) is 4.46. The number of carbonyl (C=O) groups excluding carboxylic acids is 2. The standard InChI is InChI=1S/C23H29N9O2/c1-5-31-20(15-9-24-13(2)25-10-15)29-18-19(26-12-27-21(18)31)28-16-8-17(23(34)30(3)4)32(11-16)22(33)14-6-7-14/h9-10,12,14,16-17H,5-8,11H2,1-4H3,(H,26,27,28)/t16-,17-/m0/s1/i3D,4D. The van der Waals surface area contributed by atoms with Gasteiger partial charge < -0.3 is 19.7 Å². The molecule has 2 fully saturated rings. The van der Waals surface area contributed by atoms with Crippen LogP contribution >= 0.6 is 0 Å². The van der Waals surface area contributed by atoms with Gasteiger partial charge in [-0.1, -0.05) is 0 Å². The van der Waals surface area contributed by atoms with Gasteiger partial charge in [0.25, 0.3) is 0 Å². The third-order valence-corrected chi connectivity index (χ3v) is 6.34. The Morgan fingerprint density at radius 3 is 2.65 bits per heavy atom. The van der Waals surface area contributed by atoms with E-state index in [9.17, 15) is 9.59 Å². The number of aromatic nitrogens is 6. The zero-order valence-corrected chi connectivity index (χ0v) is 19.3.